The molecule has 0 bridgehead atoms. The molecule has 0 aromatic heterocycles. The number of carboxylic acids is 1. The van der Waals surface area contributed by atoms with E-state index < -0.39 is 5.97 Å². The van der Waals surface area contributed by atoms with Crippen LogP contribution >= 0.6 is 0 Å². The number of carboxylic acid groups (broad SMARTS) is 1. The fourth-order valence-corrected chi connectivity index (χ4v) is 2.38. The van der Waals surface area contributed by atoms with E-state index in [2.05, 4.69) is 13.8 Å². The van der Waals surface area contributed by atoms with Gasteiger partial charge >= 0.3 is 5.97 Å². The van der Waals surface area contributed by atoms with Crippen molar-refractivity contribution in [2.75, 3.05) is 0 Å². The second kappa shape index (κ2) is 6.58. The van der Waals surface area contributed by atoms with Crippen molar-refractivity contribution in [2.45, 2.75) is 59.8 Å². The van der Waals surface area contributed by atoms with Gasteiger partial charge in [-0.05, 0) is 61.9 Å². The first kappa shape index (κ1) is 14.7. The maximum absolute atomic E-state index is 11.3. The van der Waals surface area contributed by atoms with Crippen LogP contribution in [0.15, 0.2) is 6.07 Å². The van der Waals surface area contributed by atoms with Gasteiger partial charge in [-0.2, -0.15) is 0 Å². The standard InChI is InChI=1S/C16H24O2/c1-5-6-7-8-9-14-13(4)12(3)11(2)10-15(14)16(17)18/h10H,5-9H2,1-4H3,(H,17,18). The minimum atomic E-state index is -0.799. The van der Waals surface area contributed by atoms with Crippen LogP contribution < -0.4 is 0 Å². The Kier molecular flexibility index (Phi) is 5.39. The van der Waals surface area contributed by atoms with E-state index in [1.165, 1.54) is 24.8 Å². The zero-order valence-corrected chi connectivity index (χ0v) is 12.0. The largest absolute Gasteiger partial charge is 0.478 e. The molecule has 0 fully saturated rings. The third kappa shape index (κ3) is 3.34. The van der Waals surface area contributed by atoms with E-state index in [4.69, 9.17) is 0 Å². The maximum atomic E-state index is 11.3. The van der Waals surface area contributed by atoms with E-state index in [9.17, 15) is 9.90 Å². The normalized spacial score (nSPS) is 10.7. The van der Waals surface area contributed by atoms with Crippen LogP contribution in [0.4, 0.5) is 0 Å². The number of benzene rings is 1. The van der Waals surface area contributed by atoms with Crippen molar-refractivity contribution in [3.8, 4) is 0 Å². The summed E-state index contributed by atoms with van der Waals surface area (Å²) in [5.74, 6) is -0.799. The summed E-state index contributed by atoms with van der Waals surface area (Å²) in [6, 6.07) is 1.82. The van der Waals surface area contributed by atoms with Crippen LogP contribution in [0.25, 0.3) is 0 Å². The monoisotopic (exact) mass is 248 g/mol. The minimum Gasteiger partial charge on any atom is -0.478 e. The molecule has 1 rings (SSSR count). The lowest BCUT2D eigenvalue weighted by atomic mass is 9.90. The minimum absolute atomic E-state index is 0.493. The Hall–Kier alpha value is -1.31. The van der Waals surface area contributed by atoms with Crippen LogP contribution in [0, 0.1) is 20.8 Å². The first-order valence-electron chi connectivity index (χ1n) is 6.82. The Balaban J connectivity index is 3.00. The Morgan fingerprint density at radius 3 is 2.33 bits per heavy atom. The zero-order chi connectivity index (χ0) is 13.7. The molecular weight excluding hydrogens is 224 g/mol. The van der Waals surface area contributed by atoms with Gasteiger partial charge in [0.1, 0.15) is 0 Å². The fraction of sp³-hybridized carbons (Fsp3) is 0.562. The average molecular weight is 248 g/mol. The van der Waals surface area contributed by atoms with E-state index in [0.29, 0.717) is 5.56 Å². The lowest BCUT2D eigenvalue weighted by Crippen LogP contribution is -2.07. The third-order valence-corrected chi connectivity index (χ3v) is 3.80. The lowest BCUT2D eigenvalue weighted by molar-refractivity contribution is 0.0695. The van der Waals surface area contributed by atoms with E-state index in [1.807, 2.05) is 19.9 Å². The molecule has 0 amide bonds. The van der Waals surface area contributed by atoms with Crippen molar-refractivity contribution < 1.29 is 9.90 Å². The molecule has 0 aliphatic carbocycles. The highest BCUT2D eigenvalue weighted by Gasteiger charge is 2.15. The molecule has 0 aliphatic rings. The molecule has 0 radical (unpaired) electrons. The summed E-state index contributed by atoms with van der Waals surface area (Å²) in [4.78, 5) is 11.3. The molecule has 18 heavy (non-hydrogen) atoms. The van der Waals surface area contributed by atoms with Crippen LogP contribution in [0.1, 0.15) is 65.2 Å². The van der Waals surface area contributed by atoms with Gasteiger partial charge in [-0.1, -0.05) is 26.2 Å². The number of unbranched alkanes of at least 4 members (excludes halogenated alkanes) is 3. The molecule has 0 saturated heterocycles. The van der Waals surface area contributed by atoms with E-state index in [0.717, 1.165) is 29.5 Å². The van der Waals surface area contributed by atoms with Crippen molar-refractivity contribution in [3.05, 3.63) is 33.9 Å². The summed E-state index contributed by atoms with van der Waals surface area (Å²) >= 11 is 0. The quantitative estimate of drug-likeness (QED) is 0.756. The smallest absolute Gasteiger partial charge is 0.335 e. The van der Waals surface area contributed by atoms with Crippen molar-refractivity contribution in [1.82, 2.24) is 0 Å². The summed E-state index contributed by atoms with van der Waals surface area (Å²) < 4.78 is 0. The lowest BCUT2D eigenvalue weighted by Gasteiger charge is -2.15. The molecule has 2 heteroatoms. The number of hydrogen-bond donors (Lipinski definition) is 1. The number of aryl methyl sites for hydroxylation is 1. The van der Waals surface area contributed by atoms with E-state index >= 15 is 0 Å². The second-order valence-corrected chi connectivity index (χ2v) is 5.09. The van der Waals surface area contributed by atoms with Crippen molar-refractivity contribution in [3.63, 3.8) is 0 Å². The van der Waals surface area contributed by atoms with Gasteiger partial charge in [0.15, 0.2) is 0 Å². The Morgan fingerprint density at radius 1 is 1.11 bits per heavy atom. The van der Waals surface area contributed by atoms with Gasteiger partial charge in [-0.3, -0.25) is 0 Å². The predicted octanol–water partition coefficient (Wildman–Crippen LogP) is 4.43. The van der Waals surface area contributed by atoms with Crippen LogP contribution in [0.3, 0.4) is 0 Å². The maximum Gasteiger partial charge on any atom is 0.335 e. The van der Waals surface area contributed by atoms with Gasteiger partial charge in [-0.25, -0.2) is 4.79 Å². The number of aromatic carboxylic acids is 1. The predicted molar refractivity (Wildman–Crippen MR) is 75.5 cm³/mol. The summed E-state index contributed by atoms with van der Waals surface area (Å²) in [7, 11) is 0. The second-order valence-electron chi connectivity index (χ2n) is 5.09. The number of carbonyl (C=O) groups is 1. The zero-order valence-electron chi connectivity index (χ0n) is 12.0. The number of hydrogen-bond acceptors (Lipinski definition) is 1. The molecule has 100 valence electrons. The first-order valence-corrected chi connectivity index (χ1v) is 6.82. The molecule has 0 unspecified atom stereocenters. The highest BCUT2D eigenvalue weighted by atomic mass is 16.4. The van der Waals surface area contributed by atoms with E-state index in [-0.39, 0.29) is 0 Å². The van der Waals surface area contributed by atoms with Gasteiger partial charge < -0.3 is 5.11 Å². The molecule has 1 aromatic carbocycles. The SMILES string of the molecule is CCCCCCc1c(C(=O)O)cc(C)c(C)c1C. The molecule has 0 atom stereocenters. The van der Waals surface area contributed by atoms with Crippen molar-refractivity contribution in [2.24, 2.45) is 0 Å². The Morgan fingerprint density at radius 2 is 1.78 bits per heavy atom. The van der Waals surface area contributed by atoms with Crippen LogP contribution in [-0.4, -0.2) is 11.1 Å². The highest BCUT2D eigenvalue weighted by molar-refractivity contribution is 5.90. The van der Waals surface area contributed by atoms with Crippen LogP contribution in [0.2, 0.25) is 0 Å². The van der Waals surface area contributed by atoms with Crippen molar-refractivity contribution in [1.29, 1.82) is 0 Å². The van der Waals surface area contributed by atoms with E-state index in [1.54, 1.807) is 0 Å². The van der Waals surface area contributed by atoms with Crippen LogP contribution in [0.5, 0.6) is 0 Å². The topological polar surface area (TPSA) is 37.3 Å². The molecule has 2 nitrogen and oxygen atoms in total. The van der Waals surface area contributed by atoms with Gasteiger partial charge in [0.25, 0.3) is 0 Å². The molecule has 1 N–H and O–H groups in total. The molecule has 1 aromatic rings. The van der Waals surface area contributed by atoms with Crippen LogP contribution in [-0.2, 0) is 6.42 Å². The summed E-state index contributed by atoms with van der Waals surface area (Å²) in [5, 5.41) is 9.31. The fourth-order valence-electron chi connectivity index (χ4n) is 2.38. The third-order valence-electron chi connectivity index (χ3n) is 3.80. The average Bonchev–Trinajstić information content (AvgIpc) is 2.33. The summed E-state index contributed by atoms with van der Waals surface area (Å²) in [6.45, 7) is 8.29. The molecular formula is C16H24O2. The van der Waals surface area contributed by atoms with Gasteiger partial charge in [-0.15, -0.1) is 0 Å². The first-order chi connectivity index (χ1) is 8.49. The molecule has 0 aliphatic heterocycles. The molecule has 0 saturated carbocycles. The summed E-state index contributed by atoms with van der Waals surface area (Å²) in [5.41, 5.74) is 4.98. The highest BCUT2D eigenvalue weighted by Crippen LogP contribution is 2.24. The van der Waals surface area contributed by atoms with Gasteiger partial charge in [0.05, 0.1) is 5.56 Å². The Labute approximate surface area is 110 Å². The van der Waals surface area contributed by atoms with Crippen molar-refractivity contribution >= 4 is 5.97 Å². The van der Waals surface area contributed by atoms with Gasteiger partial charge in [0.2, 0.25) is 0 Å². The van der Waals surface area contributed by atoms with Gasteiger partial charge in [0, 0.05) is 0 Å². The number of rotatable bonds is 6. The summed E-state index contributed by atoms with van der Waals surface area (Å²) in [6.07, 6.45) is 5.58. The Bertz CT molecular complexity index is 433. The molecule has 0 heterocycles. The molecule has 0 spiro atoms.